The molecule has 0 aliphatic rings. The third kappa shape index (κ3) is 3.94. The monoisotopic (exact) mass is 506 g/mol. The number of aromatic nitrogens is 6. The summed E-state index contributed by atoms with van der Waals surface area (Å²) in [5.74, 6) is -0.363. The Balaban J connectivity index is 1.92. The number of nitrogens with zero attached hydrogens (tertiary/aromatic N) is 6. The van der Waals surface area contributed by atoms with Crippen LogP contribution in [0.25, 0.3) is 33.2 Å². The van der Waals surface area contributed by atoms with Crippen molar-refractivity contribution >= 4 is 33.5 Å². The lowest BCUT2D eigenvalue weighted by atomic mass is 10.00. The van der Waals surface area contributed by atoms with Crippen molar-refractivity contribution in [1.29, 1.82) is 0 Å². The first-order valence-corrected chi connectivity index (χ1v) is 12.3. The van der Waals surface area contributed by atoms with Gasteiger partial charge in [0.1, 0.15) is 5.82 Å². The van der Waals surface area contributed by atoms with Crippen molar-refractivity contribution in [3.05, 3.63) is 70.5 Å². The molecule has 0 fully saturated rings. The van der Waals surface area contributed by atoms with Gasteiger partial charge in [-0.2, -0.15) is 0 Å². The van der Waals surface area contributed by atoms with Crippen molar-refractivity contribution in [2.45, 2.75) is 52.2 Å². The Bertz CT molecular complexity index is 1580. The third-order valence-corrected chi connectivity index (χ3v) is 6.97. The quantitative estimate of drug-likeness (QED) is 0.301. The van der Waals surface area contributed by atoms with Crippen molar-refractivity contribution in [3.63, 3.8) is 0 Å². The summed E-state index contributed by atoms with van der Waals surface area (Å²) in [4.78, 5) is 9.18. The number of aryl methyl sites for hydroxylation is 2. The van der Waals surface area contributed by atoms with Crippen molar-refractivity contribution in [1.82, 2.24) is 29.5 Å². The van der Waals surface area contributed by atoms with Crippen LogP contribution in [0, 0.1) is 12.7 Å². The number of fused-ring (bicyclic) bond motifs is 3. The third-order valence-electron chi connectivity index (χ3n) is 6.66. The summed E-state index contributed by atoms with van der Waals surface area (Å²) in [5, 5.41) is 20.4. The van der Waals surface area contributed by atoms with Gasteiger partial charge in [0.25, 0.3) is 0 Å². The standard InChI is InChI=1S/C27H28ClFN6O/c1-6-8-21(25-20(29)9-7-10-30-25)35-22-13-17(26-15(2)32-33-34(26)5)19(28)12-18(22)24-23(35)11-16(14-31-24)27(3,4)36/h7,9-14,21,36H,6,8H2,1-5H3. The second kappa shape index (κ2) is 8.94. The smallest absolute Gasteiger partial charge is 0.146 e. The van der Waals surface area contributed by atoms with Crippen molar-refractivity contribution in [3.8, 4) is 11.3 Å². The summed E-state index contributed by atoms with van der Waals surface area (Å²) in [7, 11) is 1.83. The number of hydrogen-bond acceptors (Lipinski definition) is 5. The highest BCUT2D eigenvalue weighted by molar-refractivity contribution is 6.34. The maximum atomic E-state index is 15.1. The van der Waals surface area contributed by atoms with E-state index in [4.69, 9.17) is 16.6 Å². The largest absolute Gasteiger partial charge is 0.386 e. The topological polar surface area (TPSA) is 81.7 Å². The Kier molecular flexibility index (Phi) is 6.04. The van der Waals surface area contributed by atoms with E-state index < -0.39 is 11.6 Å². The van der Waals surface area contributed by atoms with Gasteiger partial charge in [0.15, 0.2) is 0 Å². The average molecular weight is 507 g/mol. The molecule has 0 radical (unpaired) electrons. The van der Waals surface area contributed by atoms with Gasteiger partial charge in [-0.1, -0.05) is 30.2 Å². The number of hydrogen-bond donors (Lipinski definition) is 1. The van der Waals surface area contributed by atoms with E-state index in [0.717, 1.165) is 45.3 Å². The van der Waals surface area contributed by atoms with Gasteiger partial charge in [-0.15, -0.1) is 5.10 Å². The Hall–Kier alpha value is -3.36. The van der Waals surface area contributed by atoms with Crippen LogP contribution in [0.15, 0.2) is 42.7 Å². The van der Waals surface area contributed by atoms with Gasteiger partial charge >= 0.3 is 0 Å². The molecule has 9 heteroatoms. The highest BCUT2D eigenvalue weighted by Crippen LogP contribution is 2.41. The molecule has 4 heterocycles. The van der Waals surface area contributed by atoms with Crippen LogP contribution in [0.2, 0.25) is 5.02 Å². The van der Waals surface area contributed by atoms with Crippen molar-refractivity contribution in [2.75, 3.05) is 0 Å². The van der Waals surface area contributed by atoms with E-state index in [-0.39, 0.29) is 5.82 Å². The molecule has 5 rings (SSSR count). The zero-order valence-electron chi connectivity index (χ0n) is 20.9. The van der Waals surface area contributed by atoms with E-state index >= 15 is 4.39 Å². The normalized spacial score (nSPS) is 13.1. The van der Waals surface area contributed by atoms with E-state index in [1.807, 2.05) is 32.2 Å². The minimum absolute atomic E-state index is 0.363. The molecule has 0 spiro atoms. The fourth-order valence-corrected chi connectivity index (χ4v) is 5.16. The molecule has 0 saturated carbocycles. The first-order valence-electron chi connectivity index (χ1n) is 11.9. The molecule has 0 saturated heterocycles. The first kappa shape index (κ1) is 24.3. The van der Waals surface area contributed by atoms with Crippen molar-refractivity contribution < 1.29 is 9.50 Å². The molecule has 0 aliphatic heterocycles. The van der Waals surface area contributed by atoms with Gasteiger partial charge in [-0.05, 0) is 57.5 Å². The van der Waals surface area contributed by atoms with Crippen LogP contribution >= 0.6 is 11.6 Å². The summed E-state index contributed by atoms with van der Waals surface area (Å²) in [6.07, 6.45) is 4.76. The van der Waals surface area contributed by atoms with Gasteiger partial charge in [-0.3, -0.25) is 9.97 Å². The van der Waals surface area contributed by atoms with Gasteiger partial charge in [0.2, 0.25) is 0 Å². The Morgan fingerprint density at radius 1 is 1.17 bits per heavy atom. The molecule has 186 valence electrons. The molecule has 0 bridgehead atoms. The molecular weight excluding hydrogens is 479 g/mol. The Morgan fingerprint density at radius 3 is 2.58 bits per heavy atom. The molecule has 1 unspecified atom stereocenters. The van der Waals surface area contributed by atoms with Crippen LogP contribution in [-0.4, -0.2) is 34.6 Å². The van der Waals surface area contributed by atoms with E-state index in [1.54, 1.807) is 37.0 Å². The van der Waals surface area contributed by atoms with Crippen LogP contribution in [0.3, 0.4) is 0 Å². The molecule has 1 aromatic carbocycles. The molecule has 1 N–H and O–H groups in total. The SMILES string of the molecule is CCCC(c1ncccc1F)n1c2cc(-c3c(C)nnn3C)c(Cl)cc2c2ncc(C(C)(C)O)cc21. The van der Waals surface area contributed by atoms with Crippen LogP contribution in [-0.2, 0) is 12.6 Å². The Labute approximate surface area is 213 Å². The van der Waals surface area contributed by atoms with Gasteiger partial charge in [0, 0.05) is 36.0 Å². The number of pyridine rings is 2. The minimum atomic E-state index is -1.10. The predicted octanol–water partition coefficient (Wildman–Crippen LogP) is 6.10. The highest BCUT2D eigenvalue weighted by Gasteiger charge is 2.27. The van der Waals surface area contributed by atoms with E-state index in [1.165, 1.54) is 6.07 Å². The Morgan fingerprint density at radius 2 is 1.94 bits per heavy atom. The molecule has 0 amide bonds. The maximum Gasteiger partial charge on any atom is 0.146 e. The fourth-order valence-electron chi connectivity index (χ4n) is 4.91. The second-order valence-corrected chi connectivity index (χ2v) is 10.1. The molecule has 0 aliphatic carbocycles. The molecule has 4 aromatic heterocycles. The summed E-state index contributed by atoms with van der Waals surface area (Å²) in [6, 6.07) is 8.46. The van der Waals surface area contributed by atoms with E-state index in [2.05, 4.69) is 26.8 Å². The van der Waals surface area contributed by atoms with Gasteiger partial charge in [-0.25, -0.2) is 9.07 Å². The summed E-state index contributed by atoms with van der Waals surface area (Å²) < 4.78 is 18.9. The predicted molar refractivity (Wildman–Crippen MR) is 139 cm³/mol. The molecule has 1 atom stereocenters. The summed E-state index contributed by atoms with van der Waals surface area (Å²) in [6.45, 7) is 7.39. The van der Waals surface area contributed by atoms with E-state index in [0.29, 0.717) is 22.7 Å². The summed E-state index contributed by atoms with van der Waals surface area (Å²) >= 11 is 6.82. The second-order valence-electron chi connectivity index (χ2n) is 9.69. The number of aliphatic hydroxyl groups is 1. The van der Waals surface area contributed by atoms with Crippen LogP contribution in [0.4, 0.5) is 4.39 Å². The number of benzene rings is 1. The number of halogens is 2. The lowest BCUT2D eigenvalue weighted by Crippen LogP contribution is -2.17. The van der Waals surface area contributed by atoms with Crippen LogP contribution < -0.4 is 0 Å². The lowest BCUT2D eigenvalue weighted by Gasteiger charge is -2.22. The fraction of sp³-hybridized carbons (Fsp3) is 0.333. The first-order chi connectivity index (χ1) is 17.1. The minimum Gasteiger partial charge on any atom is -0.386 e. The molecule has 5 aromatic rings. The zero-order chi connectivity index (χ0) is 25.8. The van der Waals surface area contributed by atoms with Gasteiger partial charge in [0.05, 0.1) is 50.3 Å². The summed E-state index contributed by atoms with van der Waals surface area (Å²) in [5.41, 5.74) is 4.61. The van der Waals surface area contributed by atoms with Crippen LogP contribution in [0.5, 0.6) is 0 Å². The zero-order valence-corrected chi connectivity index (χ0v) is 21.7. The maximum absolute atomic E-state index is 15.1. The molecule has 36 heavy (non-hydrogen) atoms. The lowest BCUT2D eigenvalue weighted by molar-refractivity contribution is 0.0784. The van der Waals surface area contributed by atoms with Crippen LogP contribution in [0.1, 0.15) is 56.6 Å². The number of rotatable bonds is 6. The molecule has 7 nitrogen and oxygen atoms in total. The van der Waals surface area contributed by atoms with Crippen molar-refractivity contribution in [2.24, 2.45) is 7.05 Å². The molecular formula is C27H28ClFN6O. The average Bonchev–Trinajstić information content (AvgIpc) is 3.32. The van der Waals surface area contributed by atoms with E-state index in [9.17, 15) is 5.11 Å². The highest BCUT2D eigenvalue weighted by atomic mass is 35.5. The van der Waals surface area contributed by atoms with Gasteiger partial charge < -0.3 is 9.67 Å².